The normalized spacial score (nSPS) is 12.3. The first-order valence-electron chi connectivity index (χ1n) is 7.90. The fraction of sp³-hybridized carbons (Fsp3) is 0.353. The van der Waals surface area contributed by atoms with Crippen molar-refractivity contribution >= 4 is 17.4 Å². The van der Waals surface area contributed by atoms with Gasteiger partial charge in [-0.2, -0.15) is 0 Å². The van der Waals surface area contributed by atoms with Crippen molar-refractivity contribution in [3.8, 4) is 11.5 Å². The number of carbonyl (C=O) groups excluding carboxylic acids is 1. The van der Waals surface area contributed by atoms with Crippen molar-refractivity contribution in [3.05, 3.63) is 36.0 Å². The van der Waals surface area contributed by atoms with Crippen molar-refractivity contribution in [3.63, 3.8) is 0 Å². The number of nitrogens with one attached hydrogen (secondary N) is 2. The minimum absolute atomic E-state index is 0.198. The fourth-order valence-electron chi connectivity index (χ4n) is 2.21. The Bertz CT molecular complexity index is 716. The molecule has 0 fully saturated rings. The Kier molecular flexibility index (Phi) is 4.79. The molecule has 1 aliphatic heterocycles. The van der Waals surface area contributed by atoms with E-state index in [1.54, 1.807) is 30.3 Å². The molecular formula is C17H20N4O3. The lowest BCUT2D eigenvalue weighted by Gasteiger charge is -2.08. The third kappa shape index (κ3) is 3.92. The number of amides is 1. The number of carbonyl (C=O) groups is 1. The van der Waals surface area contributed by atoms with Gasteiger partial charge in [0.25, 0.3) is 5.91 Å². The Morgan fingerprint density at radius 1 is 1.17 bits per heavy atom. The second kappa shape index (κ2) is 7.16. The van der Waals surface area contributed by atoms with Crippen LogP contribution in [0.3, 0.4) is 0 Å². The standard InChI is InChI=1S/C17H20N4O3/c1-11(2)7-8-18-16-6-4-13(20-21-16)17(22)19-12-3-5-14-15(9-12)24-10-23-14/h3-6,9,11H,7-8,10H2,1-2H3,(H,18,21)(H,19,22). The Morgan fingerprint density at radius 2 is 2.00 bits per heavy atom. The molecule has 2 aromatic rings. The first-order valence-corrected chi connectivity index (χ1v) is 7.90. The lowest BCUT2D eigenvalue weighted by atomic mass is 10.1. The molecule has 1 amide bonds. The molecule has 0 atom stereocenters. The number of ether oxygens (including phenoxy) is 2. The number of aromatic nitrogens is 2. The predicted octanol–water partition coefficient (Wildman–Crippen LogP) is 2.92. The summed E-state index contributed by atoms with van der Waals surface area (Å²) in [6.07, 6.45) is 1.05. The van der Waals surface area contributed by atoms with Crippen LogP contribution in [0.15, 0.2) is 30.3 Å². The quantitative estimate of drug-likeness (QED) is 0.848. The highest BCUT2D eigenvalue weighted by Crippen LogP contribution is 2.34. The van der Waals surface area contributed by atoms with Gasteiger partial charge in [-0.1, -0.05) is 13.8 Å². The molecule has 0 aliphatic carbocycles. The topological polar surface area (TPSA) is 85.4 Å². The summed E-state index contributed by atoms with van der Waals surface area (Å²) in [5.74, 6) is 2.25. The van der Waals surface area contributed by atoms with E-state index in [4.69, 9.17) is 9.47 Å². The van der Waals surface area contributed by atoms with E-state index >= 15 is 0 Å². The summed E-state index contributed by atoms with van der Waals surface area (Å²) < 4.78 is 10.5. The highest BCUT2D eigenvalue weighted by Gasteiger charge is 2.15. The van der Waals surface area contributed by atoms with Crippen molar-refractivity contribution < 1.29 is 14.3 Å². The minimum atomic E-state index is -0.324. The first-order chi connectivity index (χ1) is 11.6. The molecule has 0 spiro atoms. The molecule has 1 aliphatic rings. The van der Waals surface area contributed by atoms with Crippen LogP contribution in [0.2, 0.25) is 0 Å². The molecule has 1 aromatic carbocycles. The second-order valence-corrected chi connectivity index (χ2v) is 5.94. The van der Waals surface area contributed by atoms with Crippen LogP contribution >= 0.6 is 0 Å². The number of hydrogen-bond donors (Lipinski definition) is 2. The van der Waals surface area contributed by atoms with Crippen LogP contribution in [0, 0.1) is 5.92 Å². The van der Waals surface area contributed by atoms with Crippen molar-refractivity contribution in [2.24, 2.45) is 5.92 Å². The zero-order valence-corrected chi connectivity index (χ0v) is 13.7. The number of nitrogens with zero attached hydrogens (tertiary/aromatic N) is 2. The van der Waals surface area contributed by atoms with Gasteiger partial charge in [0.05, 0.1) is 0 Å². The average molecular weight is 328 g/mol. The summed E-state index contributed by atoms with van der Waals surface area (Å²) in [6, 6.07) is 8.62. The maximum absolute atomic E-state index is 12.2. The molecular weight excluding hydrogens is 308 g/mol. The van der Waals surface area contributed by atoms with Crippen LogP contribution in [-0.2, 0) is 0 Å². The largest absolute Gasteiger partial charge is 0.454 e. The lowest BCUT2D eigenvalue weighted by Crippen LogP contribution is -2.15. The van der Waals surface area contributed by atoms with Gasteiger partial charge in [0.2, 0.25) is 6.79 Å². The van der Waals surface area contributed by atoms with Gasteiger partial charge in [-0.15, -0.1) is 10.2 Å². The summed E-state index contributed by atoms with van der Waals surface area (Å²) in [4.78, 5) is 12.2. The molecule has 2 heterocycles. The summed E-state index contributed by atoms with van der Waals surface area (Å²) in [7, 11) is 0. The first kappa shape index (κ1) is 16.0. The van der Waals surface area contributed by atoms with E-state index in [9.17, 15) is 4.79 Å². The molecule has 0 saturated heterocycles. The Labute approximate surface area is 140 Å². The highest BCUT2D eigenvalue weighted by atomic mass is 16.7. The van der Waals surface area contributed by atoms with Gasteiger partial charge in [0, 0.05) is 18.3 Å². The van der Waals surface area contributed by atoms with Crippen molar-refractivity contribution in [1.29, 1.82) is 0 Å². The smallest absolute Gasteiger partial charge is 0.276 e. The Balaban J connectivity index is 1.59. The zero-order valence-electron chi connectivity index (χ0n) is 13.7. The van der Waals surface area contributed by atoms with E-state index in [2.05, 4.69) is 34.7 Å². The number of benzene rings is 1. The van der Waals surface area contributed by atoms with Crippen LogP contribution in [0.5, 0.6) is 11.5 Å². The molecule has 3 rings (SSSR count). The number of rotatable bonds is 6. The van der Waals surface area contributed by atoms with E-state index in [0.29, 0.717) is 28.9 Å². The van der Waals surface area contributed by atoms with Gasteiger partial charge < -0.3 is 20.1 Å². The molecule has 0 bridgehead atoms. The number of fused-ring (bicyclic) bond motifs is 1. The van der Waals surface area contributed by atoms with Crippen LogP contribution in [0.1, 0.15) is 30.8 Å². The SMILES string of the molecule is CC(C)CCNc1ccc(C(=O)Nc2ccc3c(c2)OCO3)nn1. The summed E-state index contributed by atoms with van der Waals surface area (Å²) in [6.45, 7) is 5.35. The van der Waals surface area contributed by atoms with E-state index < -0.39 is 0 Å². The van der Waals surface area contributed by atoms with Gasteiger partial charge in [-0.3, -0.25) is 4.79 Å². The third-order valence-electron chi connectivity index (χ3n) is 3.56. The maximum Gasteiger partial charge on any atom is 0.276 e. The van der Waals surface area contributed by atoms with E-state index in [0.717, 1.165) is 13.0 Å². The molecule has 1 aromatic heterocycles. The van der Waals surface area contributed by atoms with Gasteiger partial charge in [0.15, 0.2) is 17.2 Å². The molecule has 0 unspecified atom stereocenters. The predicted molar refractivity (Wildman–Crippen MR) is 90.5 cm³/mol. The van der Waals surface area contributed by atoms with Gasteiger partial charge in [-0.05, 0) is 36.6 Å². The van der Waals surface area contributed by atoms with Gasteiger partial charge in [0.1, 0.15) is 5.82 Å². The third-order valence-corrected chi connectivity index (χ3v) is 3.56. The summed E-state index contributed by atoms with van der Waals surface area (Å²) in [5.41, 5.74) is 0.868. The van der Waals surface area contributed by atoms with Crippen molar-refractivity contribution in [2.45, 2.75) is 20.3 Å². The van der Waals surface area contributed by atoms with Crippen LogP contribution in [-0.4, -0.2) is 29.4 Å². The highest BCUT2D eigenvalue weighted by molar-refractivity contribution is 6.02. The molecule has 126 valence electrons. The summed E-state index contributed by atoms with van der Waals surface area (Å²) >= 11 is 0. The maximum atomic E-state index is 12.2. The minimum Gasteiger partial charge on any atom is -0.454 e. The van der Waals surface area contributed by atoms with Crippen LogP contribution in [0.4, 0.5) is 11.5 Å². The van der Waals surface area contributed by atoms with Crippen molar-refractivity contribution in [1.82, 2.24) is 10.2 Å². The molecule has 0 saturated carbocycles. The molecule has 0 radical (unpaired) electrons. The Morgan fingerprint density at radius 3 is 2.75 bits per heavy atom. The average Bonchev–Trinajstić information content (AvgIpc) is 3.03. The summed E-state index contributed by atoms with van der Waals surface area (Å²) in [5, 5.41) is 13.9. The zero-order chi connectivity index (χ0) is 16.9. The van der Waals surface area contributed by atoms with Crippen LogP contribution < -0.4 is 20.1 Å². The molecule has 24 heavy (non-hydrogen) atoms. The monoisotopic (exact) mass is 328 g/mol. The fourth-order valence-corrected chi connectivity index (χ4v) is 2.21. The molecule has 7 heteroatoms. The van der Waals surface area contributed by atoms with Gasteiger partial charge >= 0.3 is 0 Å². The molecule has 7 nitrogen and oxygen atoms in total. The van der Waals surface area contributed by atoms with Gasteiger partial charge in [-0.25, -0.2) is 0 Å². The van der Waals surface area contributed by atoms with E-state index in [1.165, 1.54) is 0 Å². The van der Waals surface area contributed by atoms with E-state index in [-0.39, 0.29) is 18.4 Å². The Hall–Kier alpha value is -2.83. The lowest BCUT2D eigenvalue weighted by molar-refractivity contribution is 0.102. The van der Waals surface area contributed by atoms with E-state index in [1.807, 2.05) is 0 Å². The number of hydrogen-bond acceptors (Lipinski definition) is 6. The van der Waals surface area contributed by atoms with Crippen LogP contribution in [0.25, 0.3) is 0 Å². The molecule has 2 N–H and O–H groups in total. The van der Waals surface area contributed by atoms with Crippen molar-refractivity contribution in [2.75, 3.05) is 24.0 Å². The number of anilines is 2. The second-order valence-electron chi connectivity index (χ2n) is 5.94.